The number of carboxylic acids is 1. The monoisotopic (exact) mass is 198 g/mol. The van der Waals surface area contributed by atoms with Gasteiger partial charge in [-0.3, -0.25) is 4.79 Å². The zero-order valence-corrected chi connectivity index (χ0v) is 8.45. The molecule has 0 saturated heterocycles. The van der Waals surface area contributed by atoms with Gasteiger partial charge in [-0.15, -0.1) is 6.58 Å². The molecule has 3 heteroatoms. The summed E-state index contributed by atoms with van der Waals surface area (Å²) in [5, 5.41) is 9.03. The van der Waals surface area contributed by atoms with E-state index >= 15 is 0 Å². The summed E-state index contributed by atoms with van der Waals surface area (Å²) in [5.41, 5.74) is 0. The number of rotatable bonds is 4. The highest BCUT2D eigenvalue weighted by atomic mass is 16.5. The van der Waals surface area contributed by atoms with Gasteiger partial charge in [0.15, 0.2) is 0 Å². The number of aliphatic carboxylic acids is 1. The first-order valence-electron chi connectivity index (χ1n) is 5.21. The molecular weight excluding hydrogens is 180 g/mol. The highest BCUT2D eigenvalue weighted by Crippen LogP contribution is 2.26. The predicted molar refractivity (Wildman–Crippen MR) is 54.1 cm³/mol. The van der Waals surface area contributed by atoms with Crippen LogP contribution in [0.15, 0.2) is 12.7 Å². The molecule has 2 unspecified atom stereocenters. The molecule has 2 atom stereocenters. The summed E-state index contributed by atoms with van der Waals surface area (Å²) in [6.07, 6.45) is 6.37. The molecule has 1 saturated carbocycles. The van der Waals surface area contributed by atoms with Crippen LogP contribution in [0.2, 0.25) is 0 Å². The van der Waals surface area contributed by atoms with Gasteiger partial charge in [0, 0.05) is 0 Å². The maximum Gasteiger partial charge on any atom is 0.309 e. The Hall–Kier alpha value is -0.830. The van der Waals surface area contributed by atoms with Crippen LogP contribution in [-0.2, 0) is 9.53 Å². The Balaban J connectivity index is 2.54. The smallest absolute Gasteiger partial charge is 0.309 e. The van der Waals surface area contributed by atoms with Gasteiger partial charge in [0.2, 0.25) is 0 Å². The minimum absolute atomic E-state index is 0.118. The topological polar surface area (TPSA) is 46.5 Å². The Kier molecular flexibility index (Phi) is 4.66. The highest BCUT2D eigenvalue weighted by Gasteiger charge is 2.29. The Morgan fingerprint density at radius 1 is 1.43 bits per heavy atom. The minimum Gasteiger partial charge on any atom is -0.481 e. The average Bonchev–Trinajstić information content (AvgIpc) is 2.39. The second kappa shape index (κ2) is 5.81. The summed E-state index contributed by atoms with van der Waals surface area (Å²) in [6, 6.07) is 0. The molecule has 1 N–H and O–H groups in total. The van der Waals surface area contributed by atoms with Crippen molar-refractivity contribution in [2.24, 2.45) is 5.92 Å². The fourth-order valence-corrected chi connectivity index (χ4v) is 1.95. The Bertz CT molecular complexity index is 201. The van der Waals surface area contributed by atoms with Crippen LogP contribution in [0.4, 0.5) is 0 Å². The lowest BCUT2D eigenvalue weighted by atomic mass is 9.97. The van der Waals surface area contributed by atoms with Crippen LogP contribution in [0.3, 0.4) is 0 Å². The number of ether oxygens (including phenoxy) is 1. The minimum atomic E-state index is -0.721. The van der Waals surface area contributed by atoms with Crippen molar-refractivity contribution < 1.29 is 14.6 Å². The molecule has 3 nitrogen and oxygen atoms in total. The lowest BCUT2D eigenvalue weighted by Crippen LogP contribution is -2.29. The molecule has 0 spiro atoms. The van der Waals surface area contributed by atoms with E-state index in [0.29, 0.717) is 6.61 Å². The first-order valence-corrected chi connectivity index (χ1v) is 5.21. The molecule has 0 aromatic carbocycles. The van der Waals surface area contributed by atoms with Crippen LogP contribution in [0.25, 0.3) is 0 Å². The van der Waals surface area contributed by atoms with Crippen LogP contribution in [0, 0.1) is 5.92 Å². The van der Waals surface area contributed by atoms with E-state index in [4.69, 9.17) is 9.84 Å². The van der Waals surface area contributed by atoms with Gasteiger partial charge < -0.3 is 9.84 Å². The van der Waals surface area contributed by atoms with Gasteiger partial charge in [-0.25, -0.2) is 0 Å². The van der Waals surface area contributed by atoms with Crippen molar-refractivity contribution in [2.75, 3.05) is 6.61 Å². The largest absolute Gasteiger partial charge is 0.481 e. The molecule has 0 amide bonds. The predicted octanol–water partition coefficient (Wildman–Crippen LogP) is 2.22. The summed E-state index contributed by atoms with van der Waals surface area (Å²) in [6.45, 7) is 4.02. The molecule has 80 valence electrons. The molecule has 0 bridgehead atoms. The lowest BCUT2D eigenvalue weighted by Gasteiger charge is -2.21. The van der Waals surface area contributed by atoms with Gasteiger partial charge >= 0.3 is 5.97 Å². The Morgan fingerprint density at radius 2 is 2.14 bits per heavy atom. The van der Waals surface area contributed by atoms with E-state index in [-0.39, 0.29) is 12.0 Å². The van der Waals surface area contributed by atoms with Crippen molar-refractivity contribution in [3.8, 4) is 0 Å². The fraction of sp³-hybridized carbons (Fsp3) is 0.727. The van der Waals surface area contributed by atoms with E-state index in [0.717, 1.165) is 32.1 Å². The molecule has 14 heavy (non-hydrogen) atoms. The molecule has 1 fully saturated rings. The summed E-state index contributed by atoms with van der Waals surface area (Å²) >= 11 is 0. The molecule has 1 aliphatic rings. The van der Waals surface area contributed by atoms with E-state index in [1.807, 2.05) is 0 Å². The molecule has 0 heterocycles. The third kappa shape index (κ3) is 3.14. The number of hydrogen-bond donors (Lipinski definition) is 1. The molecule has 1 aliphatic carbocycles. The van der Waals surface area contributed by atoms with E-state index in [2.05, 4.69) is 6.58 Å². The maximum absolute atomic E-state index is 11.0. The van der Waals surface area contributed by atoms with Crippen LogP contribution in [0.5, 0.6) is 0 Å². The molecular formula is C11H18O3. The van der Waals surface area contributed by atoms with Gasteiger partial charge in [-0.1, -0.05) is 25.3 Å². The van der Waals surface area contributed by atoms with Crippen LogP contribution < -0.4 is 0 Å². The second-order valence-corrected chi connectivity index (χ2v) is 3.74. The molecule has 1 rings (SSSR count). The first-order chi connectivity index (χ1) is 6.75. The van der Waals surface area contributed by atoms with Crippen LogP contribution in [0.1, 0.15) is 32.1 Å². The molecule has 0 aromatic rings. The van der Waals surface area contributed by atoms with Crippen LogP contribution in [-0.4, -0.2) is 23.8 Å². The van der Waals surface area contributed by atoms with Crippen molar-refractivity contribution in [2.45, 2.75) is 38.2 Å². The third-order valence-corrected chi connectivity index (χ3v) is 2.70. The van der Waals surface area contributed by atoms with Crippen molar-refractivity contribution in [1.29, 1.82) is 0 Å². The van der Waals surface area contributed by atoms with Gasteiger partial charge in [0.25, 0.3) is 0 Å². The Morgan fingerprint density at radius 3 is 2.79 bits per heavy atom. The summed E-state index contributed by atoms with van der Waals surface area (Å²) in [7, 11) is 0. The number of hydrogen-bond acceptors (Lipinski definition) is 2. The van der Waals surface area contributed by atoms with Crippen molar-refractivity contribution in [3.05, 3.63) is 12.7 Å². The number of carboxylic acid groups (broad SMARTS) is 1. The zero-order chi connectivity index (χ0) is 10.4. The summed E-state index contributed by atoms with van der Waals surface area (Å²) in [5.74, 6) is -1.04. The zero-order valence-electron chi connectivity index (χ0n) is 8.45. The molecule has 0 radical (unpaired) electrons. The molecule has 0 aliphatic heterocycles. The van der Waals surface area contributed by atoms with Gasteiger partial charge in [-0.05, 0) is 12.8 Å². The quantitative estimate of drug-likeness (QED) is 0.556. The Labute approximate surface area is 84.8 Å². The van der Waals surface area contributed by atoms with Crippen molar-refractivity contribution in [1.82, 2.24) is 0 Å². The molecule has 0 aromatic heterocycles. The fourth-order valence-electron chi connectivity index (χ4n) is 1.95. The normalized spacial score (nSPS) is 28.0. The second-order valence-electron chi connectivity index (χ2n) is 3.74. The van der Waals surface area contributed by atoms with Crippen molar-refractivity contribution >= 4 is 5.97 Å². The highest BCUT2D eigenvalue weighted by molar-refractivity contribution is 5.70. The van der Waals surface area contributed by atoms with E-state index in [1.165, 1.54) is 0 Å². The average molecular weight is 198 g/mol. The summed E-state index contributed by atoms with van der Waals surface area (Å²) in [4.78, 5) is 11.0. The van der Waals surface area contributed by atoms with Crippen LogP contribution >= 0.6 is 0 Å². The van der Waals surface area contributed by atoms with E-state index < -0.39 is 5.97 Å². The van der Waals surface area contributed by atoms with Gasteiger partial charge in [0.05, 0.1) is 18.6 Å². The summed E-state index contributed by atoms with van der Waals surface area (Å²) < 4.78 is 5.49. The van der Waals surface area contributed by atoms with Gasteiger partial charge in [-0.2, -0.15) is 0 Å². The SMILES string of the molecule is C=CCOC1CCCCCC1C(=O)O. The first kappa shape index (κ1) is 11.2. The number of carbonyl (C=O) groups is 1. The third-order valence-electron chi connectivity index (χ3n) is 2.70. The van der Waals surface area contributed by atoms with E-state index in [9.17, 15) is 4.79 Å². The van der Waals surface area contributed by atoms with Gasteiger partial charge in [0.1, 0.15) is 0 Å². The van der Waals surface area contributed by atoms with Crippen molar-refractivity contribution in [3.63, 3.8) is 0 Å². The maximum atomic E-state index is 11.0. The standard InChI is InChI=1S/C11H18O3/c1-2-8-14-10-7-5-3-4-6-9(10)11(12)13/h2,9-10H,1,3-8H2,(H,12,13). The van der Waals surface area contributed by atoms with E-state index in [1.54, 1.807) is 6.08 Å². The lowest BCUT2D eigenvalue weighted by molar-refractivity contribution is -0.147.